The highest BCUT2D eigenvalue weighted by Gasteiger charge is 1.95. The molecule has 4 N–H and O–H groups in total. The Kier molecular flexibility index (Phi) is 13.2. The summed E-state index contributed by atoms with van der Waals surface area (Å²) in [4.78, 5) is 4.16. The molecule has 0 amide bonds. The van der Waals surface area contributed by atoms with Gasteiger partial charge < -0.3 is 16.2 Å². The summed E-state index contributed by atoms with van der Waals surface area (Å²) in [6.07, 6.45) is 10.2. The van der Waals surface area contributed by atoms with Crippen molar-refractivity contribution in [2.75, 3.05) is 26.2 Å². The average Bonchev–Trinajstić information content (AvgIpc) is 2.68. The fourth-order valence-electron chi connectivity index (χ4n) is 2.47. The summed E-state index contributed by atoms with van der Waals surface area (Å²) in [6, 6.07) is 9.61. The number of nitrogens with two attached hydrogens (primary N) is 1. The lowest BCUT2D eigenvalue weighted by molar-refractivity contribution is 0.282. The van der Waals surface area contributed by atoms with Crippen LogP contribution in [0.2, 0.25) is 5.02 Å². The zero-order valence-electron chi connectivity index (χ0n) is 15.1. The molecule has 1 aliphatic rings. The molecule has 25 heavy (non-hydrogen) atoms. The highest BCUT2D eigenvalue weighted by atomic mass is 35.5. The molecule has 140 valence electrons. The number of nitrogens with one attached hydrogen (secondary N) is 1. The van der Waals surface area contributed by atoms with Gasteiger partial charge in [0.25, 0.3) is 0 Å². The molecule has 1 aliphatic heterocycles. The quantitative estimate of drug-likeness (QED) is 0.696. The second-order valence-electron chi connectivity index (χ2n) is 6.05. The number of nitrogens with zero attached hydrogens (tertiary/aromatic N) is 1. The van der Waals surface area contributed by atoms with E-state index >= 15 is 0 Å². The maximum absolute atomic E-state index is 8.33. The summed E-state index contributed by atoms with van der Waals surface area (Å²) in [6.45, 7) is 3.61. The number of hydrogen-bond donors (Lipinski definition) is 3. The molecule has 0 radical (unpaired) electrons. The lowest BCUT2D eigenvalue weighted by Crippen LogP contribution is -2.21. The van der Waals surface area contributed by atoms with Gasteiger partial charge in [-0.15, -0.1) is 0 Å². The third-order valence-corrected chi connectivity index (χ3v) is 4.24. The standard InChI is InChI=1S/C9H6ClN.C6H15NO.C5H11N/c10-8-5-6-11-9-4-2-1-3-7(8)9;7-5-3-1-2-4-6-8;1-2-4-6-5-3-1/h1-6H;8H,1-7H2;6H,1-5H2. The van der Waals surface area contributed by atoms with Gasteiger partial charge in [0.1, 0.15) is 0 Å². The first-order valence-electron chi connectivity index (χ1n) is 9.30. The summed E-state index contributed by atoms with van der Waals surface area (Å²) in [5.74, 6) is 0. The number of unbranched alkanes of at least 4 members (excludes halogenated alkanes) is 3. The van der Waals surface area contributed by atoms with E-state index in [2.05, 4.69) is 10.3 Å². The summed E-state index contributed by atoms with van der Waals surface area (Å²) < 4.78 is 0. The van der Waals surface area contributed by atoms with Gasteiger partial charge in [-0.3, -0.25) is 4.98 Å². The molecular formula is C20H32ClN3O. The van der Waals surface area contributed by atoms with E-state index in [0.29, 0.717) is 6.61 Å². The smallest absolute Gasteiger partial charge is 0.0716 e. The monoisotopic (exact) mass is 365 g/mol. The highest BCUT2D eigenvalue weighted by Crippen LogP contribution is 2.19. The molecule has 1 fully saturated rings. The van der Waals surface area contributed by atoms with E-state index in [9.17, 15) is 0 Å². The molecule has 1 aromatic heterocycles. The van der Waals surface area contributed by atoms with Crippen molar-refractivity contribution in [2.24, 2.45) is 5.73 Å². The minimum atomic E-state index is 0.324. The molecular weight excluding hydrogens is 334 g/mol. The van der Waals surface area contributed by atoms with Gasteiger partial charge in [0.15, 0.2) is 0 Å². The Morgan fingerprint density at radius 2 is 1.72 bits per heavy atom. The molecule has 0 aliphatic carbocycles. The van der Waals surface area contributed by atoms with Gasteiger partial charge in [-0.25, -0.2) is 0 Å². The van der Waals surface area contributed by atoms with Gasteiger partial charge in [0.2, 0.25) is 0 Å². The van der Waals surface area contributed by atoms with E-state index < -0.39 is 0 Å². The molecule has 1 aromatic carbocycles. The van der Waals surface area contributed by atoms with E-state index in [1.807, 2.05) is 24.3 Å². The van der Waals surface area contributed by atoms with Gasteiger partial charge in [-0.1, -0.05) is 49.1 Å². The number of aromatic nitrogens is 1. The van der Waals surface area contributed by atoms with Crippen LogP contribution in [0.5, 0.6) is 0 Å². The number of aliphatic hydroxyl groups is 1. The molecule has 0 bridgehead atoms. The Bertz CT molecular complexity index is 539. The molecule has 5 heteroatoms. The Morgan fingerprint density at radius 1 is 1.00 bits per heavy atom. The van der Waals surface area contributed by atoms with Crippen LogP contribution in [0.4, 0.5) is 0 Å². The summed E-state index contributed by atoms with van der Waals surface area (Å²) in [5.41, 5.74) is 6.19. The van der Waals surface area contributed by atoms with E-state index in [-0.39, 0.29) is 0 Å². The number of benzene rings is 1. The van der Waals surface area contributed by atoms with Gasteiger partial charge in [-0.2, -0.15) is 0 Å². The van der Waals surface area contributed by atoms with E-state index in [1.54, 1.807) is 12.3 Å². The lowest BCUT2D eigenvalue weighted by Gasteiger charge is -2.08. The van der Waals surface area contributed by atoms with Crippen LogP contribution in [0.25, 0.3) is 10.9 Å². The second kappa shape index (κ2) is 15.1. The first kappa shape index (κ1) is 21.8. The number of halogens is 1. The van der Waals surface area contributed by atoms with Gasteiger partial charge in [0.05, 0.1) is 10.5 Å². The molecule has 0 saturated carbocycles. The van der Waals surface area contributed by atoms with Crippen molar-refractivity contribution in [1.29, 1.82) is 0 Å². The van der Waals surface area contributed by atoms with Crippen molar-refractivity contribution >= 4 is 22.5 Å². The first-order valence-corrected chi connectivity index (χ1v) is 9.68. The molecule has 2 aromatic rings. The van der Waals surface area contributed by atoms with Gasteiger partial charge in [-0.05, 0) is 57.5 Å². The third-order valence-electron chi connectivity index (χ3n) is 3.92. The largest absolute Gasteiger partial charge is 0.396 e. The number of fused-ring (bicyclic) bond motifs is 1. The Balaban J connectivity index is 0.000000198. The average molecular weight is 366 g/mol. The fraction of sp³-hybridized carbons (Fsp3) is 0.550. The number of para-hydroxylation sites is 1. The van der Waals surface area contributed by atoms with Gasteiger partial charge >= 0.3 is 0 Å². The molecule has 0 atom stereocenters. The number of hydrogen-bond acceptors (Lipinski definition) is 4. The number of pyridine rings is 1. The van der Waals surface area contributed by atoms with Crippen LogP contribution in [0, 0.1) is 0 Å². The van der Waals surface area contributed by atoms with Crippen LogP contribution in [0.3, 0.4) is 0 Å². The molecule has 0 unspecified atom stereocenters. The van der Waals surface area contributed by atoms with E-state index in [1.165, 1.54) is 32.4 Å². The second-order valence-corrected chi connectivity index (χ2v) is 6.45. The zero-order chi connectivity index (χ0) is 18.2. The molecule has 2 heterocycles. The summed E-state index contributed by atoms with van der Waals surface area (Å²) in [7, 11) is 0. The molecule has 0 spiro atoms. The minimum Gasteiger partial charge on any atom is -0.396 e. The fourth-order valence-corrected chi connectivity index (χ4v) is 2.69. The van der Waals surface area contributed by atoms with Crippen LogP contribution in [0.1, 0.15) is 44.9 Å². The van der Waals surface area contributed by atoms with Crippen molar-refractivity contribution in [3.05, 3.63) is 41.6 Å². The normalized spacial score (nSPS) is 13.4. The summed E-state index contributed by atoms with van der Waals surface area (Å²) in [5, 5.41) is 13.4. The van der Waals surface area contributed by atoms with Gasteiger partial charge in [0, 0.05) is 18.2 Å². The van der Waals surface area contributed by atoms with Crippen molar-refractivity contribution in [3.63, 3.8) is 0 Å². The van der Waals surface area contributed by atoms with Crippen LogP contribution < -0.4 is 11.1 Å². The van der Waals surface area contributed by atoms with Crippen molar-refractivity contribution in [2.45, 2.75) is 44.9 Å². The predicted octanol–water partition coefficient (Wildman–Crippen LogP) is 4.15. The number of rotatable bonds is 5. The molecule has 1 saturated heterocycles. The number of piperidine rings is 1. The molecule has 3 rings (SSSR count). The Labute approximate surface area is 156 Å². The minimum absolute atomic E-state index is 0.324. The zero-order valence-corrected chi connectivity index (χ0v) is 15.8. The van der Waals surface area contributed by atoms with Crippen LogP contribution in [-0.4, -0.2) is 36.3 Å². The predicted molar refractivity (Wildman–Crippen MR) is 108 cm³/mol. The number of aliphatic hydroxyl groups excluding tert-OH is 1. The highest BCUT2D eigenvalue weighted by molar-refractivity contribution is 6.35. The maximum atomic E-state index is 8.33. The Hall–Kier alpha value is -1.20. The molecule has 4 nitrogen and oxygen atoms in total. The van der Waals surface area contributed by atoms with Crippen LogP contribution >= 0.6 is 11.6 Å². The lowest BCUT2D eigenvalue weighted by atomic mass is 10.2. The summed E-state index contributed by atoms with van der Waals surface area (Å²) >= 11 is 5.92. The first-order chi connectivity index (χ1) is 12.3. The van der Waals surface area contributed by atoms with Crippen LogP contribution in [-0.2, 0) is 0 Å². The Morgan fingerprint density at radius 3 is 2.28 bits per heavy atom. The van der Waals surface area contributed by atoms with Crippen LogP contribution in [0.15, 0.2) is 36.5 Å². The topological polar surface area (TPSA) is 71.2 Å². The van der Waals surface area contributed by atoms with Crippen molar-refractivity contribution in [1.82, 2.24) is 10.3 Å². The van der Waals surface area contributed by atoms with Crippen molar-refractivity contribution in [3.8, 4) is 0 Å². The SMILES string of the molecule is C1CCNCC1.Clc1ccnc2ccccc12.NCCCCCCO. The third kappa shape index (κ3) is 10.4. The maximum Gasteiger partial charge on any atom is 0.0716 e. The van der Waals surface area contributed by atoms with Crippen molar-refractivity contribution < 1.29 is 5.11 Å². The van der Waals surface area contributed by atoms with E-state index in [0.717, 1.165) is 48.2 Å². The van der Waals surface area contributed by atoms with E-state index in [4.69, 9.17) is 22.4 Å².